The molecule has 16 heavy (non-hydrogen) atoms. The van der Waals surface area contributed by atoms with Crippen LogP contribution in [0, 0.1) is 0 Å². The zero-order valence-corrected chi connectivity index (χ0v) is 10.5. The predicted molar refractivity (Wildman–Crippen MR) is 69.6 cm³/mol. The first-order valence-corrected chi connectivity index (χ1v) is 6.55. The van der Waals surface area contributed by atoms with E-state index in [1.807, 2.05) is 29.8 Å². The third kappa shape index (κ3) is 6.30. The average molecular weight is 234 g/mol. The smallest absolute Gasteiger partial charge is 0.0924 e. The number of aryl methyl sites for hydroxylation is 1. The van der Waals surface area contributed by atoms with Gasteiger partial charge in [0.15, 0.2) is 0 Å². The van der Waals surface area contributed by atoms with Crippen LogP contribution in [0.5, 0.6) is 0 Å². The maximum Gasteiger partial charge on any atom is 0.0924 e. The standard InChI is InChI=1S/C8H13NS.C5H5N/c1-2-3-4-5-8-9-6-7-10-8;1-2-4-6-5-3-1/h6-7H,2-5H2,1H3;1-5H. The number of aromatic nitrogens is 2. The molecule has 2 rings (SSSR count). The summed E-state index contributed by atoms with van der Waals surface area (Å²) in [5.41, 5.74) is 0. The maximum atomic E-state index is 4.21. The molecule has 0 aromatic carbocycles. The number of unbranched alkanes of at least 4 members (excludes halogenated alkanes) is 2. The monoisotopic (exact) mass is 234 g/mol. The van der Waals surface area contributed by atoms with Crippen molar-refractivity contribution in [3.05, 3.63) is 47.2 Å². The van der Waals surface area contributed by atoms with E-state index in [-0.39, 0.29) is 0 Å². The van der Waals surface area contributed by atoms with Crippen molar-refractivity contribution in [2.75, 3.05) is 0 Å². The largest absolute Gasteiger partial charge is 0.265 e. The first-order chi connectivity index (χ1) is 7.93. The molecule has 2 heterocycles. The van der Waals surface area contributed by atoms with E-state index in [1.54, 1.807) is 23.7 Å². The van der Waals surface area contributed by atoms with E-state index in [1.165, 1.54) is 30.7 Å². The van der Waals surface area contributed by atoms with Gasteiger partial charge in [0.05, 0.1) is 5.01 Å². The Morgan fingerprint density at radius 2 is 1.88 bits per heavy atom. The van der Waals surface area contributed by atoms with Gasteiger partial charge < -0.3 is 0 Å². The van der Waals surface area contributed by atoms with Crippen molar-refractivity contribution >= 4 is 11.3 Å². The molecule has 2 aromatic heterocycles. The van der Waals surface area contributed by atoms with Crippen LogP contribution in [0.4, 0.5) is 0 Å². The Morgan fingerprint density at radius 3 is 2.31 bits per heavy atom. The van der Waals surface area contributed by atoms with E-state index in [0.29, 0.717) is 0 Å². The second-order valence-corrected chi connectivity index (χ2v) is 4.39. The van der Waals surface area contributed by atoms with Crippen molar-refractivity contribution in [3.63, 3.8) is 0 Å². The molecule has 0 aliphatic carbocycles. The van der Waals surface area contributed by atoms with E-state index in [2.05, 4.69) is 16.9 Å². The van der Waals surface area contributed by atoms with Crippen LogP contribution < -0.4 is 0 Å². The van der Waals surface area contributed by atoms with Crippen molar-refractivity contribution in [1.29, 1.82) is 0 Å². The average Bonchev–Trinajstić information content (AvgIpc) is 2.86. The molecule has 0 aliphatic rings. The highest BCUT2D eigenvalue weighted by molar-refractivity contribution is 7.09. The summed E-state index contributed by atoms with van der Waals surface area (Å²) in [6.45, 7) is 2.22. The first-order valence-electron chi connectivity index (χ1n) is 5.67. The van der Waals surface area contributed by atoms with Crippen LogP contribution in [0.3, 0.4) is 0 Å². The molecular formula is C13H18N2S. The molecule has 0 bridgehead atoms. The third-order valence-electron chi connectivity index (χ3n) is 2.04. The number of hydrogen-bond donors (Lipinski definition) is 0. The number of thiazole rings is 1. The van der Waals surface area contributed by atoms with Gasteiger partial charge in [-0.1, -0.05) is 25.8 Å². The summed E-state index contributed by atoms with van der Waals surface area (Å²) in [4.78, 5) is 7.99. The quantitative estimate of drug-likeness (QED) is 0.748. The van der Waals surface area contributed by atoms with Crippen LogP contribution in [0.2, 0.25) is 0 Å². The summed E-state index contributed by atoms with van der Waals surface area (Å²) in [6.07, 6.45) is 10.5. The molecule has 0 spiro atoms. The summed E-state index contributed by atoms with van der Waals surface area (Å²) in [5.74, 6) is 0. The first kappa shape index (κ1) is 12.8. The summed E-state index contributed by atoms with van der Waals surface area (Å²) in [6, 6.07) is 5.72. The second kappa shape index (κ2) is 9.04. The van der Waals surface area contributed by atoms with Crippen molar-refractivity contribution < 1.29 is 0 Å². The molecule has 2 aromatic rings. The minimum Gasteiger partial charge on any atom is -0.265 e. The van der Waals surface area contributed by atoms with E-state index >= 15 is 0 Å². The molecule has 0 saturated heterocycles. The van der Waals surface area contributed by atoms with Gasteiger partial charge >= 0.3 is 0 Å². The fourth-order valence-electron chi connectivity index (χ4n) is 1.22. The molecule has 0 aliphatic heterocycles. The molecule has 0 atom stereocenters. The fraction of sp³-hybridized carbons (Fsp3) is 0.385. The van der Waals surface area contributed by atoms with Crippen molar-refractivity contribution in [2.24, 2.45) is 0 Å². The SMILES string of the molecule is CCCCCc1nccs1.c1ccncc1. The Labute approximate surface area is 101 Å². The fourth-order valence-corrected chi connectivity index (χ4v) is 1.88. The summed E-state index contributed by atoms with van der Waals surface area (Å²) in [7, 11) is 0. The van der Waals surface area contributed by atoms with Crippen LogP contribution in [0.15, 0.2) is 42.2 Å². The Hall–Kier alpha value is -1.22. The number of nitrogens with zero attached hydrogens (tertiary/aromatic N) is 2. The lowest BCUT2D eigenvalue weighted by Crippen LogP contribution is -1.81. The van der Waals surface area contributed by atoms with Gasteiger partial charge in [-0.3, -0.25) is 4.98 Å². The Bertz CT molecular complexity index is 305. The van der Waals surface area contributed by atoms with Crippen LogP contribution >= 0.6 is 11.3 Å². The van der Waals surface area contributed by atoms with E-state index < -0.39 is 0 Å². The highest BCUT2D eigenvalue weighted by Gasteiger charge is 1.92. The highest BCUT2D eigenvalue weighted by atomic mass is 32.1. The third-order valence-corrected chi connectivity index (χ3v) is 2.88. The van der Waals surface area contributed by atoms with Gasteiger partial charge in [0.1, 0.15) is 0 Å². The summed E-state index contributed by atoms with van der Waals surface area (Å²) in [5, 5.41) is 3.33. The summed E-state index contributed by atoms with van der Waals surface area (Å²) >= 11 is 1.76. The van der Waals surface area contributed by atoms with Crippen LogP contribution in [-0.2, 0) is 6.42 Å². The van der Waals surface area contributed by atoms with E-state index in [0.717, 1.165) is 0 Å². The van der Waals surface area contributed by atoms with Crippen LogP contribution in [-0.4, -0.2) is 9.97 Å². The van der Waals surface area contributed by atoms with Crippen molar-refractivity contribution in [1.82, 2.24) is 9.97 Å². The molecule has 0 N–H and O–H groups in total. The number of hydrogen-bond acceptors (Lipinski definition) is 3. The molecule has 0 amide bonds. The second-order valence-electron chi connectivity index (χ2n) is 3.41. The molecule has 0 saturated carbocycles. The Kier molecular flexibility index (Phi) is 7.26. The van der Waals surface area contributed by atoms with Crippen molar-refractivity contribution in [3.8, 4) is 0 Å². The van der Waals surface area contributed by atoms with Gasteiger partial charge in [-0.25, -0.2) is 4.98 Å². The lowest BCUT2D eigenvalue weighted by molar-refractivity contribution is 0.715. The van der Waals surface area contributed by atoms with Gasteiger partial charge in [0, 0.05) is 24.0 Å². The lowest BCUT2D eigenvalue weighted by atomic mass is 10.2. The van der Waals surface area contributed by atoms with Crippen LogP contribution in [0.1, 0.15) is 31.2 Å². The van der Waals surface area contributed by atoms with Gasteiger partial charge in [-0.15, -0.1) is 11.3 Å². The van der Waals surface area contributed by atoms with Gasteiger partial charge in [0.25, 0.3) is 0 Å². The molecule has 0 unspecified atom stereocenters. The topological polar surface area (TPSA) is 25.8 Å². The normalized spacial score (nSPS) is 9.31. The molecular weight excluding hydrogens is 216 g/mol. The van der Waals surface area contributed by atoms with Gasteiger partial charge in [-0.2, -0.15) is 0 Å². The maximum absolute atomic E-state index is 4.21. The summed E-state index contributed by atoms with van der Waals surface area (Å²) < 4.78 is 0. The molecule has 3 heteroatoms. The van der Waals surface area contributed by atoms with Gasteiger partial charge in [-0.05, 0) is 25.0 Å². The van der Waals surface area contributed by atoms with E-state index in [9.17, 15) is 0 Å². The minimum absolute atomic E-state index is 1.17. The lowest BCUT2D eigenvalue weighted by Gasteiger charge is -1.92. The Balaban J connectivity index is 0.000000181. The molecule has 2 nitrogen and oxygen atoms in total. The van der Waals surface area contributed by atoms with Gasteiger partial charge in [0.2, 0.25) is 0 Å². The Morgan fingerprint density at radius 1 is 1.06 bits per heavy atom. The molecule has 0 fully saturated rings. The molecule has 0 radical (unpaired) electrons. The highest BCUT2D eigenvalue weighted by Crippen LogP contribution is 2.08. The molecule has 86 valence electrons. The van der Waals surface area contributed by atoms with Crippen molar-refractivity contribution in [2.45, 2.75) is 32.6 Å². The zero-order valence-electron chi connectivity index (χ0n) is 9.67. The number of rotatable bonds is 4. The van der Waals surface area contributed by atoms with E-state index in [4.69, 9.17) is 0 Å². The van der Waals surface area contributed by atoms with Crippen LogP contribution in [0.25, 0.3) is 0 Å². The zero-order chi connectivity index (χ0) is 11.5. The minimum atomic E-state index is 1.17. The predicted octanol–water partition coefficient (Wildman–Crippen LogP) is 3.96. The number of pyridine rings is 1.